The summed E-state index contributed by atoms with van der Waals surface area (Å²) in [5, 5.41) is 3.86. The van der Waals surface area contributed by atoms with E-state index in [1.54, 1.807) is 0 Å². The Balaban J connectivity index is 1.11. The summed E-state index contributed by atoms with van der Waals surface area (Å²) < 4.78 is 6.00. The first-order chi connectivity index (χ1) is 16.4. The van der Waals surface area contributed by atoms with Crippen molar-refractivity contribution in [3.63, 3.8) is 0 Å². The van der Waals surface area contributed by atoms with E-state index in [-0.39, 0.29) is 0 Å². The second-order valence-electron chi connectivity index (χ2n) is 10.2. The van der Waals surface area contributed by atoms with Crippen LogP contribution in [-0.4, -0.2) is 42.7 Å². The highest BCUT2D eigenvalue weighted by Gasteiger charge is 2.23. The van der Waals surface area contributed by atoms with Crippen molar-refractivity contribution in [2.45, 2.75) is 83.5 Å². The number of ether oxygens (including phenoxy) is 1. The summed E-state index contributed by atoms with van der Waals surface area (Å²) in [6.07, 6.45) is 16.2. The van der Waals surface area contributed by atoms with Crippen molar-refractivity contribution in [1.82, 2.24) is 9.88 Å². The fourth-order valence-electron chi connectivity index (χ4n) is 5.87. The van der Waals surface area contributed by atoms with Crippen LogP contribution in [0.2, 0.25) is 0 Å². The van der Waals surface area contributed by atoms with E-state index in [9.17, 15) is 0 Å². The molecule has 1 saturated heterocycles. The minimum Gasteiger partial charge on any atom is -0.494 e. The summed E-state index contributed by atoms with van der Waals surface area (Å²) in [4.78, 5) is 7.67. The number of likely N-dealkylation sites (tertiary alicyclic amines) is 1. The SMILES string of the molecule is c1cc(OCCCN2CCCCC2)ccc1CCNc1c2c(nc3c1CCCC3)CCCC2. The largest absolute Gasteiger partial charge is 0.494 e. The van der Waals surface area contributed by atoms with E-state index in [1.165, 1.54) is 111 Å². The van der Waals surface area contributed by atoms with E-state index in [2.05, 4.69) is 34.5 Å². The van der Waals surface area contributed by atoms with Crippen LogP contribution in [0.15, 0.2) is 24.3 Å². The molecule has 1 N–H and O–H groups in total. The first-order valence-electron chi connectivity index (χ1n) is 13.6. The lowest BCUT2D eigenvalue weighted by atomic mass is 9.87. The third kappa shape index (κ3) is 5.90. The van der Waals surface area contributed by atoms with Gasteiger partial charge in [-0.3, -0.25) is 4.98 Å². The number of aromatic nitrogens is 1. The van der Waals surface area contributed by atoms with Gasteiger partial charge in [0, 0.05) is 30.2 Å². The van der Waals surface area contributed by atoms with Gasteiger partial charge >= 0.3 is 0 Å². The van der Waals surface area contributed by atoms with E-state index in [0.717, 1.165) is 44.6 Å². The second kappa shape index (κ2) is 11.4. The van der Waals surface area contributed by atoms with E-state index >= 15 is 0 Å². The van der Waals surface area contributed by atoms with Gasteiger partial charge in [-0.05, 0) is 119 Å². The highest BCUT2D eigenvalue weighted by Crippen LogP contribution is 2.35. The van der Waals surface area contributed by atoms with Gasteiger partial charge in [0.25, 0.3) is 0 Å². The number of benzene rings is 1. The Hall–Kier alpha value is -2.07. The van der Waals surface area contributed by atoms with Crippen molar-refractivity contribution in [3.8, 4) is 5.75 Å². The average molecular weight is 448 g/mol. The summed E-state index contributed by atoms with van der Waals surface area (Å²) in [5.41, 5.74) is 8.63. The van der Waals surface area contributed by atoms with Crippen LogP contribution in [0.25, 0.3) is 0 Å². The molecule has 0 spiro atoms. The molecule has 178 valence electrons. The zero-order valence-electron chi connectivity index (χ0n) is 20.3. The zero-order chi connectivity index (χ0) is 22.3. The minimum absolute atomic E-state index is 0.815. The van der Waals surface area contributed by atoms with Crippen molar-refractivity contribution in [3.05, 3.63) is 52.3 Å². The highest BCUT2D eigenvalue weighted by molar-refractivity contribution is 5.62. The molecule has 5 rings (SSSR count). The van der Waals surface area contributed by atoms with Gasteiger partial charge in [-0.2, -0.15) is 0 Å². The number of anilines is 1. The van der Waals surface area contributed by atoms with Gasteiger partial charge in [-0.25, -0.2) is 0 Å². The van der Waals surface area contributed by atoms with Crippen molar-refractivity contribution in [2.75, 3.05) is 38.1 Å². The van der Waals surface area contributed by atoms with Gasteiger partial charge in [-0.1, -0.05) is 18.6 Å². The third-order valence-corrected chi connectivity index (χ3v) is 7.73. The lowest BCUT2D eigenvalue weighted by molar-refractivity contribution is 0.205. The molecule has 0 bridgehead atoms. The molecule has 0 amide bonds. The zero-order valence-corrected chi connectivity index (χ0v) is 20.3. The molecule has 4 heteroatoms. The molecule has 0 radical (unpaired) electrons. The number of nitrogens with one attached hydrogen (secondary N) is 1. The third-order valence-electron chi connectivity index (χ3n) is 7.73. The Bertz CT molecular complexity index is 868. The van der Waals surface area contributed by atoms with Gasteiger partial charge in [0.05, 0.1) is 6.61 Å². The molecule has 2 aromatic rings. The molecule has 1 fully saturated rings. The van der Waals surface area contributed by atoms with Crippen LogP contribution in [0.1, 0.15) is 79.4 Å². The molecule has 0 saturated carbocycles. The molecular weight excluding hydrogens is 406 g/mol. The van der Waals surface area contributed by atoms with Crippen LogP contribution < -0.4 is 10.1 Å². The van der Waals surface area contributed by atoms with Gasteiger partial charge < -0.3 is 15.0 Å². The topological polar surface area (TPSA) is 37.4 Å². The van der Waals surface area contributed by atoms with Crippen molar-refractivity contribution in [1.29, 1.82) is 0 Å². The number of fused-ring (bicyclic) bond motifs is 2. The minimum atomic E-state index is 0.815. The van der Waals surface area contributed by atoms with Gasteiger partial charge in [0.2, 0.25) is 0 Å². The van der Waals surface area contributed by atoms with Gasteiger partial charge in [0.1, 0.15) is 5.75 Å². The molecule has 2 aliphatic carbocycles. The summed E-state index contributed by atoms with van der Waals surface area (Å²) >= 11 is 0. The van der Waals surface area contributed by atoms with Crippen molar-refractivity contribution in [2.24, 2.45) is 0 Å². The molecule has 3 aliphatic rings. The molecule has 0 unspecified atom stereocenters. The summed E-state index contributed by atoms with van der Waals surface area (Å²) in [5.74, 6) is 1.00. The fourth-order valence-corrected chi connectivity index (χ4v) is 5.87. The number of piperidine rings is 1. The van der Waals surface area contributed by atoms with Crippen LogP contribution in [0, 0.1) is 0 Å². The smallest absolute Gasteiger partial charge is 0.119 e. The van der Waals surface area contributed by atoms with Crippen LogP contribution in [0.5, 0.6) is 5.75 Å². The first-order valence-corrected chi connectivity index (χ1v) is 13.6. The van der Waals surface area contributed by atoms with E-state index in [0.29, 0.717) is 0 Å². The fraction of sp³-hybridized carbons (Fsp3) is 0.621. The standard InChI is InChI=1S/C29H41N3O/c1-6-19-32(20-7-1)21-8-22-33-24-15-13-23(14-16-24)17-18-30-29-25-9-2-4-11-27(25)31-28-12-5-3-10-26(28)29/h13-16H,1-12,17-22H2,(H,30,31). The van der Waals surface area contributed by atoms with Crippen LogP contribution >= 0.6 is 0 Å². The molecule has 2 heterocycles. The molecule has 1 aromatic carbocycles. The number of rotatable bonds is 9. The highest BCUT2D eigenvalue weighted by atomic mass is 16.5. The molecule has 33 heavy (non-hydrogen) atoms. The predicted molar refractivity (Wildman–Crippen MR) is 137 cm³/mol. The Morgan fingerprint density at radius 1 is 0.788 bits per heavy atom. The maximum Gasteiger partial charge on any atom is 0.119 e. The number of pyridine rings is 1. The molecular formula is C29H41N3O. The lowest BCUT2D eigenvalue weighted by Gasteiger charge is -2.27. The Kier molecular flexibility index (Phi) is 7.83. The Morgan fingerprint density at radius 3 is 2.15 bits per heavy atom. The second-order valence-corrected chi connectivity index (χ2v) is 10.2. The molecule has 0 atom stereocenters. The molecule has 1 aromatic heterocycles. The lowest BCUT2D eigenvalue weighted by Crippen LogP contribution is -2.31. The van der Waals surface area contributed by atoms with Gasteiger partial charge in [-0.15, -0.1) is 0 Å². The number of nitrogens with zero attached hydrogens (tertiary/aromatic N) is 2. The summed E-state index contributed by atoms with van der Waals surface area (Å²) in [7, 11) is 0. The summed E-state index contributed by atoms with van der Waals surface area (Å²) in [6.45, 7) is 5.52. The molecule has 4 nitrogen and oxygen atoms in total. The van der Waals surface area contributed by atoms with Crippen LogP contribution in [0.3, 0.4) is 0 Å². The monoisotopic (exact) mass is 447 g/mol. The maximum atomic E-state index is 6.00. The van der Waals surface area contributed by atoms with E-state index < -0.39 is 0 Å². The average Bonchev–Trinajstić information content (AvgIpc) is 2.87. The van der Waals surface area contributed by atoms with Crippen LogP contribution in [0.4, 0.5) is 5.69 Å². The Labute approximate surface area is 200 Å². The Morgan fingerprint density at radius 2 is 1.45 bits per heavy atom. The van der Waals surface area contributed by atoms with Gasteiger partial charge in [0.15, 0.2) is 0 Å². The first kappa shape index (κ1) is 22.7. The van der Waals surface area contributed by atoms with E-state index in [1.807, 2.05) is 0 Å². The number of hydrogen-bond acceptors (Lipinski definition) is 4. The van der Waals surface area contributed by atoms with Crippen LogP contribution in [-0.2, 0) is 32.1 Å². The van der Waals surface area contributed by atoms with Crippen molar-refractivity contribution >= 4 is 5.69 Å². The summed E-state index contributed by atoms with van der Waals surface area (Å²) in [6, 6.07) is 8.76. The van der Waals surface area contributed by atoms with E-state index in [4.69, 9.17) is 9.72 Å². The normalized spacial score (nSPS) is 18.4. The quantitative estimate of drug-likeness (QED) is 0.497. The number of aryl methyl sites for hydroxylation is 2. The molecule has 1 aliphatic heterocycles. The maximum absolute atomic E-state index is 6.00. The number of hydrogen-bond donors (Lipinski definition) is 1. The van der Waals surface area contributed by atoms with Crippen molar-refractivity contribution < 1.29 is 4.74 Å². The predicted octanol–water partition coefficient (Wildman–Crippen LogP) is 5.75.